The van der Waals surface area contributed by atoms with Crippen molar-refractivity contribution in [3.05, 3.63) is 72.9 Å². The fourth-order valence-corrected chi connectivity index (χ4v) is 7.25. The summed E-state index contributed by atoms with van der Waals surface area (Å²) in [6, 6.07) is 0. The molecule has 0 saturated heterocycles. The lowest BCUT2D eigenvalue weighted by Gasteiger charge is -2.18. The van der Waals surface area contributed by atoms with Gasteiger partial charge in [0, 0.05) is 19.3 Å². The highest BCUT2D eigenvalue weighted by Gasteiger charge is 2.19. The lowest BCUT2D eigenvalue weighted by molar-refractivity contribution is -0.166. The number of unbranched alkanes of at least 4 members (excludes halogenated alkanes) is 24. The number of rotatable bonds is 47. The van der Waals surface area contributed by atoms with Gasteiger partial charge in [-0.3, -0.25) is 14.4 Å². The van der Waals surface area contributed by atoms with Crippen LogP contribution >= 0.6 is 0 Å². The van der Waals surface area contributed by atoms with Crippen molar-refractivity contribution >= 4 is 17.9 Å². The Morgan fingerprint density at radius 2 is 0.651 bits per heavy atom. The molecular weight excluding hydrogens is 781 g/mol. The Morgan fingerprint density at radius 1 is 0.333 bits per heavy atom. The fourth-order valence-electron chi connectivity index (χ4n) is 7.25. The Morgan fingerprint density at radius 3 is 1.03 bits per heavy atom. The van der Waals surface area contributed by atoms with Gasteiger partial charge in [0.15, 0.2) is 6.10 Å². The molecule has 0 aliphatic heterocycles. The molecule has 63 heavy (non-hydrogen) atoms. The third kappa shape index (κ3) is 49.7. The highest BCUT2D eigenvalue weighted by molar-refractivity contribution is 5.71. The van der Waals surface area contributed by atoms with Crippen LogP contribution in [0.5, 0.6) is 0 Å². The van der Waals surface area contributed by atoms with Gasteiger partial charge in [0.1, 0.15) is 13.2 Å². The van der Waals surface area contributed by atoms with E-state index in [1.807, 2.05) is 12.2 Å². The summed E-state index contributed by atoms with van der Waals surface area (Å²) in [4.78, 5) is 37.9. The van der Waals surface area contributed by atoms with E-state index in [4.69, 9.17) is 14.2 Å². The number of carbonyl (C=O) groups is 3. The quantitative estimate of drug-likeness (QED) is 0.0262. The molecule has 6 nitrogen and oxygen atoms in total. The Labute approximate surface area is 389 Å². The molecular formula is C57H98O6. The number of hydrogen-bond acceptors (Lipinski definition) is 6. The maximum atomic E-state index is 12.8. The molecule has 0 heterocycles. The highest BCUT2D eigenvalue weighted by atomic mass is 16.6. The molecule has 0 saturated carbocycles. The molecule has 0 rings (SSSR count). The minimum absolute atomic E-state index is 0.105. The minimum atomic E-state index is -0.814. The first kappa shape index (κ1) is 59.9. The molecule has 0 aromatic heterocycles. The molecule has 0 aliphatic rings. The third-order valence-electron chi connectivity index (χ3n) is 11.2. The molecule has 362 valence electrons. The van der Waals surface area contributed by atoms with E-state index in [9.17, 15) is 14.4 Å². The van der Waals surface area contributed by atoms with E-state index in [0.29, 0.717) is 19.3 Å². The first-order valence-electron chi connectivity index (χ1n) is 26.4. The molecule has 0 aromatic rings. The van der Waals surface area contributed by atoms with Gasteiger partial charge in [-0.1, -0.05) is 229 Å². The first-order valence-corrected chi connectivity index (χ1v) is 26.4. The van der Waals surface area contributed by atoms with Crippen LogP contribution < -0.4 is 0 Å². The normalized spacial score (nSPS) is 12.6. The Bertz CT molecular complexity index is 1190. The highest BCUT2D eigenvalue weighted by Crippen LogP contribution is 2.14. The summed E-state index contributed by atoms with van der Waals surface area (Å²) in [7, 11) is 0. The van der Waals surface area contributed by atoms with Gasteiger partial charge in [-0.15, -0.1) is 0 Å². The predicted molar refractivity (Wildman–Crippen MR) is 270 cm³/mol. The van der Waals surface area contributed by atoms with Crippen LogP contribution in [0, 0.1) is 0 Å². The zero-order valence-electron chi connectivity index (χ0n) is 41.3. The summed E-state index contributed by atoms with van der Waals surface area (Å²) < 4.78 is 16.7. The van der Waals surface area contributed by atoms with E-state index in [0.717, 1.165) is 70.6 Å². The smallest absolute Gasteiger partial charge is 0.306 e. The average molecular weight is 879 g/mol. The summed E-state index contributed by atoms with van der Waals surface area (Å²) in [5, 5.41) is 0. The average Bonchev–Trinajstić information content (AvgIpc) is 3.28. The predicted octanol–water partition coefficient (Wildman–Crippen LogP) is 17.4. The van der Waals surface area contributed by atoms with Crippen molar-refractivity contribution in [2.75, 3.05) is 13.2 Å². The molecule has 0 aromatic carbocycles. The monoisotopic (exact) mass is 879 g/mol. The SMILES string of the molecule is CC/C=C\C/C=C\C/C=C\C/C=C\C/C=C\CCC(=O)OC(COC(=O)CCCCCCCCC/C=C\CCCCCCCCCC)COC(=O)CCCCCCCCCCCC. The van der Waals surface area contributed by atoms with Gasteiger partial charge >= 0.3 is 17.9 Å². The molecule has 6 heteroatoms. The van der Waals surface area contributed by atoms with Gasteiger partial charge in [-0.2, -0.15) is 0 Å². The van der Waals surface area contributed by atoms with Crippen LogP contribution in [0.3, 0.4) is 0 Å². The maximum Gasteiger partial charge on any atom is 0.306 e. The van der Waals surface area contributed by atoms with Crippen molar-refractivity contribution in [1.82, 2.24) is 0 Å². The largest absolute Gasteiger partial charge is 0.462 e. The van der Waals surface area contributed by atoms with Crippen molar-refractivity contribution in [3.63, 3.8) is 0 Å². The van der Waals surface area contributed by atoms with Gasteiger partial charge in [0.25, 0.3) is 0 Å². The molecule has 0 aliphatic carbocycles. The lowest BCUT2D eigenvalue weighted by Crippen LogP contribution is -2.30. The van der Waals surface area contributed by atoms with Crippen LogP contribution in [0.25, 0.3) is 0 Å². The molecule has 1 unspecified atom stereocenters. The Balaban J connectivity index is 4.42. The molecule has 0 bridgehead atoms. The van der Waals surface area contributed by atoms with Crippen LogP contribution in [0.15, 0.2) is 72.9 Å². The molecule has 1 atom stereocenters. The standard InChI is InChI=1S/C57H98O6/c1-4-7-10-13-16-19-22-24-26-28-29-30-32-33-35-38-41-44-47-50-56(59)62-53-54(52-61-55(58)49-46-43-40-37-21-18-15-12-9-6-3)63-57(60)51-48-45-42-39-36-34-31-27-25-23-20-17-14-11-8-5-2/h8,11,17,20,25,27-29,34,36,42,45,54H,4-7,9-10,12-16,18-19,21-24,26,30-33,35,37-41,43-44,46-53H2,1-3H3/b11-8-,20-17-,27-25-,29-28-,36-34-,45-42-. The van der Waals surface area contributed by atoms with Crippen LogP contribution in [0.2, 0.25) is 0 Å². The summed E-state index contributed by atoms with van der Waals surface area (Å²) in [5.41, 5.74) is 0. The number of allylic oxidation sites excluding steroid dienone is 12. The molecule has 0 radical (unpaired) electrons. The summed E-state index contributed by atoms with van der Waals surface area (Å²) in [6.07, 6.45) is 64.8. The first-order chi connectivity index (χ1) is 31.0. The van der Waals surface area contributed by atoms with E-state index < -0.39 is 12.1 Å². The van der Waals surface area contributed by atoms with Gasteiger partial charge in [-0.05, 0) is 77.0 Å². The van der Waals surface area contributed by atoms with E-state index >= 15 is 0 Å². The Kier molecular flexibility index (Phi) is 48.9. The van der Waals surface area contributed by atoms with E-state index in [-0.39, 0.29) is 31.6 Å². The zero-order valence-corrected chi connectivity index (χ0v) is 41.3. The third-order valence-corrected chi connectivity index (χ3v) is 11.2. The van der Waals surface area contributed by atoms with Crippen LogP contribution in [-0.2, 0) is 28.6 Å². The van der Waals surface area contributed by atoms with Crippen LogP contribution in [0.1, 0.15) is 252 Å². The van der Waals surface area contributed by atoms with Gasteiger partial charge in [-0.25, -0.2) is 0 Å². The second kappa shape index (κ2) is 51.5. The van der Waals surface area contributed by atoms with Crippen LogP contribution in [0.4, 0.5) is 0 Å². The minimum Gasteiger partial charge on any atom is -0.462 e. The van der Waals surface area contributed by atoms with Crippen molar-refractivity contribution in [2.24, 2.45) is 0 Å². The van der Waals surface area contributed by atoms with Crippen molar-refractivity contribution in [1.29, 1.82) is 0 Å². The molecule has 0 fully saturated rings. The Hall–Kier alpha value is -3.15. The summed E-state index contributed by atoms with van der Waals surface area (Å²) in [5.74, 6) is -0.992. The van der Waals surface area contributed by atoms with E-state index in [1.165, 1.54) is 135 Å². The maximum absolute atomic E-state index is 12.8. The molecule has 0 N–H and O–H groups in total. The second-order valence-electron chi connectivity index (χ2n) is 17.4. The number of esters is 3. The summed E-state index contributed by atoms with van der Waals surface area (Å²) in [6.45, 7) is 6.45. The van der Waals surface area contributed by atoms with Crippen molar-refractivity contribution in [3.8, 4) is 0 Å². The summed E-state index contributed by atoms with van der Waals surface area (Å²) >= 11 is 0. The van der Waals surface area contributed by atoms with Gasteiger partial charge in [0.2, 0.25) is 0 Å². The number of hydrogen-bond donors (Lipinski definition) is 0. The molecule has 0 spiro atoms. The zero-order chi connectivity index (χ0) is 45.8. The lowest BCUT2D eigenvalue weighted by atomic mass is 10.1. The topological polar surface area (TPSA) is 78.9 Å². The van der Waals surface area contributed by atoms with E-state index in [2.05, 4.69) is 81.5 Å². The van der Waals surface area contributed by atoms with Crippen molar-refractivity contribution < 1.29 is 28.6 Å². The van der Waals surface area contributed by atoms with Gasteiger partial charge < -0.3 is 14.2 Å². The fraction of sp³-hybridized carbons (Fsp3) is 0.737. The van der Waals surface area contributed by atoms with Gasteiger partial charge in [0.05, 0.1) is 0 Å². The van der Waals surface area contributed by atoms with Crippen molar-refractivity contribution in [2.45, 2.75) is 258 Å². The van der Waals surface area contributed by atoms with E-state index in [1.54, 1.807) is 0 Å². The second-order valence-corrected chi connectivity index (χ2v) is 17.4. The number of carbonyl (C=O) groups excluding carboxylic acids is 3. The molecule has 0 amide bonds. The van der Waals surface area contributed by atoms with Crippen LogP contribution in [-0.4, -0.2) is 37.2 Å². The number of ether oxygens (including phenoxy) is 3.